The predicted octanol–water partition coefficient (Wildman–Crippen LogP) is 3.18. The first-order chi connectivity index (χ1) is 10.3. The SMILES string of the molecule is CCCCC1=C(NCc2cccc(C(F)(F)F)c2)C(O)C1=O. The predicted molar refractivity (Wildman–Crippen MR) is 75.8 cm³/mol. The van der Waals surface area contributed by atoms with E-state index in [1.807, 2.05) is 6.92 Å². The molecule has 0 bridgehead atoms. The van der Waals surface area contributed by atoms with Crippen molar-refractivity contribution in [1.82, 2.24) is 5.32 Å². The zero-order valence-corrected chi connectivity index (χ0v) is 12.2. The number of aliphatic hydroxyl groups excluding tert-OH is 1. The van der Waals surface area contributed by atoms with Crippen LogP contribution in [0.25, 0.3) is 0 Å². The molecule has 6 heteroatoms. The summed E-state index contributed by atoms with van der Waals surface area (Å²) in [7, 11) is 0. The minimum Gasteiger partial charge on any atom is -0.381 e. The van der Waals surface area contributed by atoms with Gasteiger partial charge in [0.1, 0.15) is 0 Å². The first-order valence-corrected chi connectivity index (χ1v) is 7.20. The topological polar surface area (TPSA) is 49.3 Å². The lowest BCUT2D eigenvalue weighted by Crippen LogP contribution is -2.43. The minimum absolute atomic E-state index is 0.138. The summed E-state index contributed by atoms with van der Waals surface area (Å²) in [6.45, 7) is 2.13. The Morgan fingerprint density at radius 2 is 2.05 bits per heavy atom. The zero-order chi connectivity index (χ0) is 16.3. The van der Waals surface area contributed by atoms with E-state index >= 15 is 0 Å². The Hall–Kier alpha value is -1.82. The maximum Gasteiger partial charge on any atom is 0.416 e. The van der Waals surface area contributed by atoms with Crippen LogP contribution in [0.5, 0.6) is 0 Å². The minimum atomic E-state index is -4.38. The van der Waals surface area contributed by atoms with Crippen molar-refractivity contribution >= 4 is 5.78 Å². The molecule has 3 nitrogen and oxygen atoms in total. The lowest BCUT2D eigenvalue weighted by Gasteiger charge is -2.29. The Balaban J connectivity index is 2.06. The standard InChI is InChI=1S/C16H18F3NO2/c1-2-3-7-12-13(15(22)14(12)21)20-9-10-5-4-6-11(8-10)16(17,18)19/h4-6,8,15,20,22H,2-3,7,9H2,1H3. The summed E-state index contributed by atoms with van der Waals surface area (Å²) in [6, 6.07) is 4.99. The van der Waals surface area contributed by atoms with Crippen molar-refractivity contribution in [3.8, 4) is 0 Å². The van der Waals surface area contributed by atoms with E-state index in [9.17, 15) is 23.1 Å². The Bertz CT molecular complexity index is 593. The number of Topliss-reactive ketones (excluding diaryl/α,β-unsaturated/α-hetero) is 1. The third-order valence-electron chi connectivity index (χ3n) is 3.66. The number of carbonyl (C=O) groups is 1. The highest BCUT2D eigenvalue weighted by molar-refractivity contribution is 6.08. The van der Waals surface area contributed by atoms with Crippen molar-refractivity contribution in [2.75, 3.05) is 0 Å². The normalized spacial score (nSPS) is 18.4. The maximum atomic E-state index is 12.6. The number of unbranched alkanes of at least 4 members (excludes halogenated alkanes) is 1. The van der Waals surface area contributed by atoms with Gasteiger partial charge in [0, 0.05) is 12.1 Å². The van der Waals surface area contributed by atoms with E-state index in [0.29, 0.717) is 23.3 Å². The van der Waals surface area contributed by atoms with E-state index in [-0.39, 0.29) is 12.3 Å². The van der Waals surface area contributed by atoms with Crippen LogP contribution in [-0.4, -0.2) is 17.0 Å². The van der Waals surface area contributed by atoms with Gasteiger partial charge in [0.15, 0.2) is 11.9 Å². The van der Waals surface area contributed by atoms with E-state index < -0.39 is 17.8 Å². The van der Waals surface area contributed by atoms with E-state index in [4.69, 9.17) is 0 Å². The number of hydrogen-bond acceptors (Lipinski definition) is 3. The van der Waals surface area contributed by atoms with Crippen molar-refractivity contribution in [2.45, 2.75) is 45.0 Å². The van der Waals surface area contributed by atoms with Gasteiger partial charge in [-0.15, -0.1) is 0 Å². The van der Waals surface area contributed by atoms with Crippen LogP contribution in [0.4, 0.5) is 13.2 Å². The van der Waals surface area contributed by atoms with Gasteiger partial charge in [-0.1, -0.05) is 25.5 Å². The lowest BCUT2D eigenvalue weighted by atomic mass is 9.85. The van der Waals surface area contributed by atoms with Crippen LogP contribution in [0.3, 0.4) is 0 Å². The fourth-order valence-corrected chi connectivity index (χ4v) is 2.39. The van der Waals surface area contributed by atoms with Gasteiger partial charge >= 0.3 is 6.18 Å². The smallest absolute Gasteiger partial charge is 0.381 e. The fraction of sp³-hybridized carbons (Fsp3) is 0.438. The molecule has 22 heavy (non-hydrogen) atoms. The summed E-state index contributed by atoms with van der Waals surface area (Å²) < 4.78 is 37.9. The largest absolute Gasteiger partial charge is 0.416 e. The zero-order valence-electron chi connectivity index (χ0n) is 12.2. The van der Waals surface area contributed by atoms with Crippen LogP contribution in [0, 0.1) is 0 Å². The number of aliphatic hydroxyl groups is 1. The molecule has 0 aliphatic heterocycles. The first kappa shape index (κ1) is 16.5. The molecule has 1 aliphatic rings. The highest BCUT2D eigenvalue weighted by Gasteiger charge is 2.37. The van der Waals surface area contributed by atoms with Gasteiger partial charge in [0.2, 0.25) is 0 Å². The summed E-state index contributed by atoms with van der Waals surface area (Å²) in [5.41, 5.74) is 0.734. The van der Waals surface area contributed by atoms with Crippen molar-refractivity contribution in [3.05, 3.63) is 46.7 Å². The fourth-order valence-electron chi connectivity index (χ4n) is 2.39. The van der Waals surface area contributed by atoms with Crippen LogP contribution < -0.4 is 5.32 Å². The number of alkyl halides is 3. The van der Waals surface area contributed by atoms with Crippen molar-refractivity contribution < 1.29 is 23.1 Å². The second kappa shape index (κ2) is 6.52. The number of benzene rings is 1. The molecule has 0 amide bonds. The molecule has 0 fully saturated rings. The van der Waals surface area contributed by atoms with Gasteiger partial charge in [0.25, 0.3) is 0 Å². The van der Waals surface area contributed by atoms with E-state index in [2.05, 4.69) is 5.32 Å². The van der Waals surface area contributed by atoms with Gasteiger partial charge in [-0.3, -0.25) is 4.79 Å². The molecule has 2 rings (SSSR count). The third kappa shape index (κ3) is 3.50. The lowest BCUT2D eigenvalue weighted by molar-refractivity contribution is -0.137. The molecule has 0 spiro atoms. The number of nitrogens with one attached hydrogen (secondary N) is 1. The molecule has 0 radical (unpaired) electrons. The molecule has 0 saturated heterocycles. The van der Waals surface area contributed by atoms with E-state index in [1.54, 1.807) is 6.07 Å². The van der Waals surface area contributed by atoms with E-state index in [0.717, 1.165) is 25.0 Å². The van der Waals surface area contributed by atoms with Gasteiger partial charge in [0.05, 0.1) is 11.3 Å². The number of rotatable bonds is 6. The van der Waals surface area contributed by atoms with Gasteiger partial charge < -0.3 is 10.4 Å². The van der Waals surface area contributed by atoms with Gasteiger partial charge in [-0.05, 0) is 30.5 Å². The maximum absolute atomic E-state index is 12.6. The molecule has 120 valence electrons. The molecule has 1 atom stereocenters. The molecule has 0 saturated carbocycles. The Kier molecular flexibility index (Phi) is 4.90. The van der Waals surface area contributed by atoms with E-state index in [1.165, 1.54) is 6.07 Å². The molecule has 1 aromatic carbocycles. The summed E-state index contributed by atoms with van der Waals surface area (Å²) in [5.74, 6) is -0.292. The number of ketones is 1. The monoisotopic (exact) mass is 313 g/mol. The number of carbonyl (C=O) groups excluding carboxylic acids is 1. The highest BCUT2D eigenvalue weighted by atomic mass is 19.4. The molecule has 1 aromatic rings. The van der Waals surface area contributed by atoms with Crippen molar-refractivity contribution in [2.24, 2.45) is 0 Å². The van der Waals surface area contributed by atoms with Crippen LogP contribution in [-0.2, 0) is 17.5 Å². The van der Waals surface area contributed by atoms with Crippen LogP contribution in [0.1, 0.15) is 37.3 Å². The third-order valence-corrected chi connectivity index (χ3v) is 3.66. The molecule has 0 aromatic heterocycles. The highest BCUT2D eigenvalue weighted by Crippen LogP contribution is 2.30. The Labute approximate surface area is 126 Å². The number of halogens is 3. The molecular formula is C16H18F3NO2. The summed E-state index contributed by atoms with van der Waals surface area (Å²) in [4.78, 5) is 11.6. The molecule has 2 N–H and O–H groups in total. The first-order valence-electron chi connectivity index (χ1n) is 7.20. The average molecular weight is 313 g/mol. The van der Waals surface area contributed by atoms with Crippen molar-refractivity contribution in [3.63, 3.8) is 0 Å². The van der Waals surface area contributed by atoms with Gasteiger partial charge in [-0.2, -0.15) is 13.2 Å². The summed E-state index contributed by atoms with van der Waals surface area (Å²) >= 11 is 0. The average Bonchev–Trinajstić information content (AvgIpc) is 2.49. The molecule has 1 aliphatic carbocycles. The quantitative estimate of drug-likeness (QED) is 0.848. The molecule has 0 heterocycles. The summed E-state index contributed by atoms with van der Waals surface area (Å²) in [5, 5.41) is 12.6. The Morgan fingerprint density at radius 1 is 1.32 bits per heavy atom. The second-order valence-electron chi connectivity index (χ2n) is 5.31. The van der Waals surface area contributed by atoms with Crippen LogP contribution in [0.15, 0.2) is 35.5 Å². The summed E-state index contributed by atoms with van der Waals surface area (Å²) in [6.07, 6.45) is -3.21. The van der Waals surface area contributed by atoms with Gasteiger partial charge in [-0.25, -0.2) is 0 Å². The number of hydrogen-bond donors (Lipinski definition) is 2. The van der Waals surface area contributed by atoms with Crippen LogP contribution >= 0.6 is 0 Å². The van der Waals surface area contributed by atoms with Crippen LogP contribution in [0.2, 0.25) is 0 Å². The Morgan fingerprint density at radius 3 is 2.68 bits per heavy atom. The van der Waals surface area contributed by atoms with Crippen molar-refractivity contribution in [1.29, 1.82) is 0 Å². The second-order valence-corrected chi connectivity index (χ2v) is 5.31. The molecular weight excluding hydrogens is 295 g/mol. The molecule has 1 unspecified atom stereocenters.